The van der Waals surface area contributed by atoms with Crippen LogP contribution < -0.4 is 19.7 Å². The Morgan fingerprint density at radius 3 is 2.25 bits per heavy atom. The summed E-state index contributed by atoms with van der Waals surface area (Å²) < 4.78 is 13.0. The Labute approximate surface area is 225 Å². The maximum absolute atomic E-state index is 13.3. The Kier molecular flexibility index (Phi) is 7.61. The second-order valence-corrected chi connectivity index (χ2v) is 10.0. The number of amides is 4. The summed E-state index contributed by atoms with van der Waals surface area (Å²) in [4.78, 5) is 39.4. The summed E-state index contributed by atoms with van der Waals surface area (Å²) >= 11 is 6.91. The van der Waals surface area contributed by atoms with E-state index in [0.29, 0.717) is 33.8 Å². The van der Waals surface area contributed by atoms with Gasteiger partial charge in [-0.1, -0.05) is 34.1 Å². The highest BCUT2D eigenvalue weighted by Crippen LogP contribution is 2.38. The van der Waals surface area contributed by atoms with Crippen LogP contribution in [0.2, 0.25) is 0 Å². The number of halogens is 2. The van der Waals surface area contributed by atoms with Crippen LogP contribution in [0.15, 0.2) is 69.1 Å². The SMILES string of the molecule is COc1cc(/C=C2\C(=O)NC(=O)N(c3cc(C)cc(C)c3)C2=O)cc(Br)c1OCc1ccc(Br)cc1. The minimum atomic E-state index is -0.789. The van der Waals surface area contributed by atoms with Crippen molar-refractivity contribution >= 4 is 61.5 Å². The van der Waals surface area contributed by atoms with Gasteiger partial charge in [0.1, 0.15) is 12.2 Å². The Morgan fingerprint density at radius 2 is 1.61 bits per heavy atom. The average Bonchev–Trinajstić information content (AvgIpc) is 2.81. The summed E-state index contributed by atoms with van der Waals surface area (Å²) in [5.41, 5.74) is 3.48. The summed E-state index contributed by atoms with van der Waals surface area (Å²) in [5.74, 6) is -0.580. The molecule has 1 saturated heterocycles. The molecule has 4 amide bonds. The highest BCUT2D eigenvalue weighted by molar-refractivity contribution is 9.10. The van der Waals surface area contributed by atoms with E-state index in [9.17, 15) is 14.4 Å². The van der Waals surface area contributed by atoms with Gasteiger partial charge in [0.05, 0.1) is 17.3 Å². The topological polar surface area (TPSA) is 84.9 Å². The monoisotopic (exact) mass is 612 g/mol. The van der Waals surface area contributed by atoms with Gasteiger partial charge in [-0.25, -0.2) is 9.69 Å². The van der Waals surface area contributed by atoms with E-state index in [4.69, 9.17) is 9.47 Å². The molecule has 36 heavy (non-hydrogen) atoms. The smallest absolute Gasteiger partial charge is 0.335 e. The predicted molar refractivity (Wildman–Crippen MR) is 144 cm³/mol. The predicted octanol–water partition coefficient (Wildman–Crippen LogP) is 6.08. The number of anilines is 1. The van der Waals surface area contributed by atoms with E-state index in [2.05, 4.69) is 37.2 Å². The van der Waals surface area contributed by atoms with Crippen LogP contribution in [0.1, 0.15) is 22.3 Å². The molecular formula is C27H22Br2N2O5. The van der Waals surface area contributed by atoms with Crippen LogP contribution in [-0.4, -0.2) is 25.0 Å². The fraction of sp³-hybridized carbons (Fsp3) is 0.148. The molecule has 0 unspecified atom stereocenters. The zero-order chi connectivity index (χ0) is 26.0. The number of nitrogens with zero attached hydrogens (tertiary/aromatic N) is 1. The molecule has 0 aliphatic carbocycles. The molecule has 184 valence electrons. The van der Waals surface area contributed by atoms with E-state index in [-0.39, 0.29) is 5.57 Å². The lowest BCUT2D eigenvalue weighted by Gasteiger charge is -2.27. The number of urea groups is 1. The van der Waals surface area contributed by atoms with Crippen molar-refractivity contribution < 1.29 is 23.9 Å². The zero-order valence-corrected chi connectivity index (χ0v) is 22.9. The van der Waals surface area contributed by atoms with Gasteiger partial charge < -0.3 is 9.47 Å². The lowest BCUT2D eigenvalue weighted by atomic mass is 10.0. The molecule has 0 aromatic heterocycles. The third-order valence-electron chi connectivity index (χ3n) is 5.43. The van der Waals surface area contributed by atoms with Crippen molar-refractivity contribution in [1.29, 1.82) is 0 Å². The van der Waals surface area contributed by atoms with Crippen molar-refractivity contribution in [3.8, 4) is 11.5 Å². The average molecular weight is 614 g/mol. The molecule has 1 aliphatic rings. The minimum Gasteiger partial charge on any atom is -0.493 e. The first-order valence-electron chi connectivity index (χ1n) is 10.9. The summed E-state index contributed by atoms with van der Waals surface area (Å²) in [6, 6.07) is 15.7. The number of methoxy groups -OCH3 is 1. The Balaban J connectivity index is 1.65. The molecule has 1 heterocycles. The maximum Gasteiger partial charge on any atom is 0.335 e. The van der Waals surface area contributed by atoms with Gasteiger partial charge in [-0.3, -0.25) is 14.9 Å². The number of carbonyl (C=O) groups excluding carboxylic acids is 3. The van der Waals surface area contributed by atoms with Gasteiger partial charge in [0, 0.05) is 4.47 Å². The number of benzene rings is 3. The molecule has 9 heteroatoms. The van der Waals surface area contributed by atoms with Gasteiger partial charge in [-0.05, 0) is 94.5 Å². The van der Waals surface area contributed by atoms with Gasteiger partial charge in [0.15, 0.2) is 11.5 Å². The molecule has 0 radical (unpaired) electrons. The van der Waals surface area contributed by atoms with Crippen LogP contribution in [0, 0.1) is 13.8 Å². The quantitative estimate of drug-likeness (QED) is 0.269. The summed E-state index contributed by atoms with van der Waals surface area (Å²) in [6.07, 6.45) is 1.42. The van der Waals surface area contributed by atoms with Gasteiger partial charge in [-0.15, -0.1) is 0 Å². The summed E-state index contributed by atoms with van der Waals surface area (Å²) in [7, 11) is 1.50. The molecule has 1 fully saturated rings. The fourth-order valence-electron chi connectivity index (χ4n) is 3.84. The fourth-order valence-corrected chi connectivity index (χ4v) is 4.68. The van der Waals surface area contributed by atoms with Crippen LogP contribution in [0.5, 0.6) is 11.5 Å². The van der Waals surface area contributed by atoms with Crippen LogP contribution in [0.3, 0.4) is 0 Å². The molecule has 0 bridgehead atoms. The van der Waals surface area contributed by atoms with Crippen LogP contribution >= 0.6 is 31.9 Å². The zero-order valence-electron chi connectivity index (χ0n) is 19.7. The molecule has 3 aromatic rings. The highest BCUT2D eigenvalue weighted by atomic mass is 79.9. The van der Waals surface area contributed by atoms with Crippen molar-refractivity contribution in [2.75, 3.05) is 12.0 Å². The van der Waals surface area contributed by atoms with Crippen LogP contribution in [-0.2, 0) is 16.2 Å². The van der Waals surface area contributed by atoms with Crippen LogP contribution in [0.4, 0.5) is 10.5 Å². The van der Waals surface area contributed by atoms with Crippen LogP contribution in [0.25, 0.3) is 6.08 Å². The lowest BCUT2D eigenvalue weighted by molar-refractivity contribution is -0.122. The third-order valence-corrected chi connectivity index (χ3v) is 6.54. The molecule has 1 N–H and O–H groups in total. The van der Waals surface area contributed by atoms with Crippen molar-refractivity contribution in [2.24, 2.45) is 0 Å². The Morgan fingerprint density at radius 1 is 0.944 bits per heavy atom. The van der Waals surface area contributed by atoms with Gasteiger partial charge >= 0.3 is 6.03 Å². The first kappa shape index (κ1) is 25.7. The first-order chi connectivity index (χ1) is 17.2. The summed E-state index contributed by atoms with van der Waals surface area (Å²) in [6.45, 7) is 4.06. The van der Waals surface area contributed by atoms with Gasteiger partial charge in [-0.2, -0.15) is 0 Å². The van der Waals surface area contributed by atoms with Gasteiger partial charge in [0.25, 0.3) is 11.8 Å². The Bertz CT molecular complexity index is 1380. The normalized spacial score (nSPS) is 14.8. The molecular weight excluding hydrogens is 592 g/mol. The number of carbonyl (C=O) groups is 3. The second-order valence-electron chi connectivity index (χ2n) is 8.25. The summed E-state index contributed by atoms with van der Waals surface area (Å²) in [5, 5.41) is 2.25. The first-order valence-corrected chi connectivity index (χ1v) is 12.5. The van der Waals surface area contributed by atoms with E-state index >= 15 is 0 Å². The van der Waals surface area contributed by atoms with E-state index in [1.165, 1.54) is 13.2 Å². The number of imide groups is 2. The molecule has 0 atom stereocenters. The number of aryl methyl sites for hydroxylation is 2. The number of hydrogen-bond acceptors (Lipinski definition) is 5. The van der Waals surface area contributed by atoms with E-state index in [1.807, 2.05) is 44.2 Å². The Hall–Kier alpha value is -3.43. The number of hydrogen-bond donors (Lipinski definition) is 1. The second kappa shape index (κ2) is 10.7. The highest BCUT2D eigenvalue weighted by Gasteiger charge is 2.37. The van der Waals surface area contributed by atoms with E-state index < -0.39 is 17.8 Å². The molecule has 1 aliphatic heterocycles. The lowest BCUT2D eigenvalue weighted by Crippen LogP contribution is -2.54. The van der Waals surface area contributed by atoms with E-state index in [1.54, 1.807) is 24.3 Å². The standard InChI is InChI=1S/C27H22Br2N2O5/c1-15-8-16(2)10-20(9-15)31-26(33)21(25(32)30-27(31)34)11-18-12-22(29)24(23(13-18)35-3)36-14-17-4-6-19(28)7-5-17/h4-13H,14H2,1-3H3,(H,30,32,34)/b21-11+. The number of nitrogens with one attached hydrogen (secondary N) is 1. The van der Waals surface area contributed by atoms with Crippen molar-refractivity contribution in [3.63, 3.8) is 0 Å². The molecule has 7 nitrogen and oxygen atoms in total. The van der Waals surface area contributed by atoms with Crippen molar-refractivity contribution in [3.05, 3.63) is 91.4 Å². The molecule has 0 spiro atoms. The number of ether oxygens (including phenoxy) is 2. The van der Waals surface area contributed by atoms with E-state index in [0.717, 1.165) is 26.1 Å². The maximum atomic E-state index is 13.3. The molecule has 0 saturated carbocycles. The van der Waals surface area contributed by atoms with Gasteiger partial charge in [0.2, 0.25) is 0 Å². The number of barbiturate groups is 1. The third kappa shape index (κ3) is 5.52. The van der Waals surface area contributed by atoms with Crippen molar-refractivity contribution in [1.82, 2.24) is 5.32 Å². The van der Waals surface area contributed by atoms with Crippen molar-refractivity contribution in [2.45, 2.75) is 20.5 Å². The molecule has 4 rings (SSSR count). The molecule has 3 aromatic carbocycles. The number of rotatable bonds is 6. The minimum absolute atomic E-state index is 0.175. The largest absolute Gasteiger partial charge is 0.493 e.